The molecule has 1 aliphatic rings. The van der Waals surface area contributed by atoms with Crippen molar-refractivity contribution in [2.24, 2.45) is 0 Å². The summed E-state index contributed by atoms with van der Waals surface area (Å²) in [6.45, 7) is 4.08. The van der Waals surface area contributed by atoms with Gasteiger partial charge in [-0.3, -0.25) is 4.79 Å². The van der Waals surface area contributed by atoms with Crippen molar-refractivity contribution >= 4 is 23.4 Å². The summed E-state index contributed by atoms with van der Waals surface area (Å²) < 4.78 is 10.8. The fraction of sp³-hybridized carbons (Fsp3) is 0.350. The number of hydrogen-bond acceptors (Lipinski definition) is 4. The molecule has 2 aromatic rings. The molecule has 0 N–H and O–H groups in total. The Kier molecular flexibility index (Phi) is 4.69. The second-order valence-electron chi connectivity index (χ2n) is 6.52. The summed E-state index contributed by atoms with van der Waals surface area (Å²) in [6, 6.07) is 12.2. The average Bonchev–Trinajstić information content (AvgIpc) is 2.81. The van der Waals surface area contributed by atoms with Gasteiger partial charge in [-0.15, -0.1) is 11.8 Å². The molecule has 1 unspecified atom stereocenters. The van der Waals surface area contributed by atoms with Gasteiger partial charge in [0.2, 0.25) is 5.91 Å². The van der Waals surface area contributed by atoms with E-state index in [0.717, 1.165) is 16.1 Å². The number of rotatable bonds is 5. The minimum Gasteiger partial charge on any atom is -0.493 e. The Labute approximate surface area is 153 Å². The molecule has 1 aliphatic heterocycles. The van der Waals surface area contributed by atoms with Crippen LogP contribution in [0.15, 0.2) is 41.3 Å². The number of aryl methyl sites for hydroxylation is 1. The van der Waals surface area contributed by atoms with Gasteiger partial charge in [0.25, 0.3) is 0 Å². The molecule has 0 saturated heterocycles. The molecule has 5 heteroatoms. The summed E-state index contributed by atoms with van der Waals surface area (Å²) in [5.41, 5.74) is 2.50. The minimum atomic E-state index is -0.598. The first-order chi connectivity index (χ1) is 11.9. The fourth-order valence-corrected chi connectivity index (χ4v) is 4.25. The number of anilines is 1. The van der Waals surface area contributed by atoms with Crippen LogP contribution in [0.25, 0.3) is 0 Å². The van der Waals surface area contributed by atoms with E-state index in [2.05, 4.69) is 31.2 Å². The Morgan fingerprint density at radius 2 is 1.68 bits per heavy atom. The minimum absolute atomic E-state index is 0.0948. The molecule has 0 radical (unpaired) electrons. The van der Waals surface area contributed by atoms with Gasteiger partial charge in [-0.2, -0.15) is 0 Å². The van der Waals surface area contributed by atoms with Crippen LogP contribution in [0.5, 0.6) is 11.5 Å². The Morgan fingerprint density at radius 3 is 2.28 bits per heavy atom. The monoisotopic (exact) mass is 357 g/mol. The highest BCUT2D eigenvalue weighted by molar-refractivity contribution is 7.99. The average molecular weight is 357 g/mol. The van der Waals surface area contributed by atoms with Crippen LogP contribution in [0.4, 0.5) is 5.69 Å². The highest BCUT2D eigenvalue weighted by atomic mass is 32.2. The molecule has 25 heavy (non-hydrogen) atoms. The molecule has 0 bridgehead atoms. The summed E-state index contributed by atoms with van der Waals surface area (Å²) >= 11 is 1.70. The highest BCUT2D eigenvalue weighted by Gasteiger charge is 2.46. The van der Waals surface area contributed by atoms with E-state index < -0.39 is 5.41 Å². The molecule has 1 amide bonds. The van der Waals surface area contributed by atoms with E-state index in [1.165, 1.54) is 5.56 Å². The first kappa shape index (κ1) is 17.7. The number of hydrogen-bond donors (Lipinski definition) is 0. The lowest BCUT2D eigenvalue weighted by Gasteiger charge is -2.23. The van der Waals surface area contributed by atoms with Crippen molar-refractivity contribution in [2.75, 3.05) is 31.9 Å². The zero-order valence-electron chi connectivity index (χ0n) is 15.3. The molecular weight excluding hydrogens is 334 g/mol. The summed E-state index contributed by atoms with van der Waals surface area (Å²) in [4.78, 5) is 15.9. The standard InChI is InChI=1S/C20H23NO3S/c1-13-6-8-14(9-7-13)25-12-20(2)15-10-17(23-4)18(24-5)11-16(15)21(3)19(20)22/h6-11H,12H2,1-5H3. The number of benzene rings is 2. The molecule has 0 spiro atoms. The van der Waals surface area contributed by atoms with Crippen molar-refractivity contribution in [3.8, 4) is 11.5 Å². The molecule has 0 aliphatic carbocycles. The molecule has 0 saturated carbocycles. The van der Waals surface area contributed by atoms with Gasteiger partial charge in [-0.25, -0.2) is 0 Å². The van der Waals surface area contributed by atoms with Gasteiger partial charge in [0, 0.05) is 23.8 Å². The van der Waals surface area contributed by atoms with Gasteiger partial charge >= 0.3 is 0 Å². The summed E-state index contributed by atoms with van der Waals surface area (Å²) in [5.74, 6) is 2.05. The van der Waals surface area contributed by atoms with E-state index >= 15 is 0 Å². The SMILES string of the molecule is COc1cc2c(cc1OC)C(C)(CSc1ccc(C)cc1)C(=O)N2C. The van der Waals surface area contributed by atoms with Crippen LogP contribution in [-0.4, -0.2) is 32.9 Å². The van der Waals surface area contributed by atoms with Gasteiger partial charge in [0.1, 0.15) is 0 Å². The highest BCUT2D eigenvalue weighted by Crippen LogP contribution is 2.48. The molecule has 0 aromatic heterocycles. The van der Waals surface area contributed by atoms with Crippen LogP contribution < -0.4 is 14.4 Å². The third kappa shape index (κ3) is 2.97. The van der Waals surface area contributed by atoms with E-state index in [-0.39, 0.29) is 5.91 Å². The number of fused-ring (bicyclic) bond motifs is 1. The van der Waals surface area contributed by atoms with E-state index in [4.69, 9.17) is 9.47 Å². The zero-order valence-corrected chi connectivity index (χ0v) is 16.1. The lowest BCUT2D eigenvalue weighted by Crippen LogP contribution is -2.38. The first-order valence-electron chi connectivity index (χ1n) is 8.15. The topological polar surface area (TPSA) is 38.8 Å². The van der Waals surface area contributed by atoms with Gasteiger partial charge in [0.15, 0.2) is 11.5 Å². The van der Waals surface area contributed by atoms with Crippen molar-refractivity contribution in [1.82, 2.24) is 0 Å². The molecule has 4 nitrogen and oxygen atoms in total. The maximum absolute atomic E-state index is 13.0. The Morgan fingerprint density at radius 1 is 1.08 bits per heavy atom. The number of likely N-dealkylation sites (N-methyl/N-ethyl adjacent to an activating group) is 1. The van der Waals surface area contributed by atoms with E-state index in [1.807, 2.05) is 26.1 Å². The second-order valence-corrected chi connectivity index (χ2v) is 7.57. The third-order valence-electron chi connectivity index (χ3n) is 4.78. The Hall–Kier alpha value is -2.14. The number of amides is 1. The van der Waals surface area contributed by atoms with Crippen LogP contribution >= 0.6 is 11.8 Å². The largest absolute Gasteiger partial charge is 0.493 e. The molecule has 1 atom stereocenters. The maximum atomic E-state index is 13.0. The lowest BCUT2D eigenvalue weighted by molar-refractivity contribution is -0.121. The summed E-state index contributed by atoms with van der Waals surface area (Å²) in [6.07, 6.45) is 0. The smallest absolute Gasteiger partial charge is 0.238 e. The summed E-state index contributed by atoms with van der Waals surface area (Å²) in [5, 5.41) is 0. The number of carbonyl (C=O) groups excluding carboxylic acids is 1. The molecule has 0 fully saturated rings. The lowest BCUT2D eigenvalue weighted by atomic mass is 9.85. The van der Waals surface area contributed by atoms with Crippen molar-refractivity contribution in [3.05, 3.63) is 47.5 Å². The molecule has 132 valence electrons. The van der Waals surface area contributed by atoms with E-state index in [0.29, 0.717) is 17.3 Å². The van der Waals surface area contributed by atoms with Crippen LogP contribution in [0.3, 0.4) is 0 Å². The number of ether oxygens (including phenoxy) is 2. The first-order valence-corrected chi connectivity index (χ1v) is 9.13. The number of methoxy groups -OCH3 is 2. The fourth-order valence-electron chi connectivity index (χ4n) is 3.18. The van der Waals surface area contributed by atoms with Crippen LogP contribution in [0.2, 0.25) is 0 Å². The predicted octanol–water partition coefficient (Wildman–Crippen LogP) is 4.04. The predicted molar refractivity (Wildman–Crippen MR) is 102 cm³/mol. The van der Waals surface area contributed by atoms with Crippen LogP contribution in [-0.2, 0) is 10.2 Å². The van der Waals surface area contributed by atoms with Crippen molar-refractivity contribution in [3.63, 3.8) is 0 Å². The quantitative estimate of drug-likeness (QED) is 0.757. The van der Waals surface area contributed by atoms with Crippen molar-refractivity contribution in [2.45, 2.75) is 24.2 Å². The van der Waals surface area contributed by atoms with Gasteiger partial charge < -0.3 is 14.4 Å². The molecule has 1 heterocycles. The number of nitrogens with zero attached hydrogens (tertiary/aromatic N) is 1. The normalized spacial score (nSPS) is 19.1. The second kappa shape index (κ2) is 6.64. The number of thioether (sulfide) groups is 1. The van der Waals surface area contributed by atoms with Crippen LogP contribution in [0, 0.1) is 6.92 Å². The zero-order chi connectivity index (χ0) is 18.2. The van der Waals surface area contributed by atoms with Gasteiger partial charge in [-0.1, -0.05) is 17.7 Å². The third-order valence-corrected chi connectivity index (χ3v) is 6.11. The molecule has 2 aromatic carbocycles. The van der Waals surface area contributed by atoms with Gasteiger partial charge in [0.05, 0.1) is 25.3 Å². The maximum Gasteiger partial charge on any atom is 0.238 e. The molecular formula is C20H23NO3S. The van der Waals surface area contributed by atoms with Crippen molar-refractivity contribution in [1.29, 1.82) is 0 Å². The van der Waals surface area contributed by atoms with E-state index in [1.54, 1.807) is 30.9 Å². The van der Waals surface area contributed by atoms with Gasteiger partial charge in [-0.05, 0) is 37.6 Å². The molecule has 3 rings (SSSR count). The summed E-state index contributed by atoms with van der Waals surface area (Å²) in [7, 11) is 5.03. The van der Waals surface area contributed by atoms with Crippen molar-refractivity contribution < 1.29 is 14.3 Å². The van der Waals surface area contributed by atoms with E-state index in [9.17, 15) is 4.79 Å². The number of carbonyl (C=O) groups is 1. The Balaban J connectivity index is 1.96. The van der Waals surface area contributed by atoms with Crippen LogP contribution in [0.1, 0.15) is 18.1 Å². The Bertz CT molecular complexity index is 803.